The van der Waals surface area contributed by atoms with Gasteiger partial charge < -0.3 is 20.2 Å². The minimum absolute atomic E-state index is 0.0521. The van der Waals surface area contributed by atoms with Gasteiger partial charge in [-0.05, 0) is 42.8 Å². The number of benzene rings is 1. The number of amides is 2. The molecule has 0 spiro atoms. The van der Waals surface area contributed by atoms with Crippen molar-refractivity contribution in [1.29, 1.82) is 0 Å². The normalized spacial score (nSPS) is 12.1. The van der Waals surface area contributed by atoms with E-state index in [0.29, 0.717) is 5.56 Å². The first-order valence-electron chi connectivity index (χ1n) is 7.62. The lowest BCUT2D eigenvalue weighted by Gasteiger charge is -2.13. The summed E-state index contributed by atoms with van der Waals surface area (Å²) in [6.45, 7) is 1.26. The van der Waals surface area contributed by atoms with Crippen molar-refractivity contribution in [1.82, 2.24) is 10.6 Å². The van der Waals surface area contributed by atoms with Crippen molar-refractivity contribution in [2.45, 2.75) is 13.0 Å². The number of rotatable bonds is 7. The Morgan fingerprint density at radius 2 is 1.89 bits per heavy atom. The van der Waals surface area contributed by atoms with Gasteiger partial charge in [0.15, 0.2) is 5.76 Å². The molecule has 0 aliphatic rings. The Bertz CT molecular complexity index is 886. The van der Waals surface area contributed by atoms with E-state index in [9.17, 15) is 24.5 Å². The summed E-state index contributed by atoms with van der Waals surface area (Å²) in [5, 5.41) is 24.2. The Kier molecular flexibility index (Phi) is 6.05. The van der Waals surface area contributed by atoms with Crippen LogP contribution in [0.1, 0.15) is 23.0 Å². The van der Waals surface area contributed by atoms with E-state index >= 15 is 0 Å². The van der Waals surface area contributed by atoms with Crippen molar-refractivity contribution >= 4 is 29.5 Å². The van der Waals surface area contributed by atoms with Gasteiger partial charge in [-0.15, -0.1) is 0 Å². The molecular formula is C17H15N3O7. The van der Waals surface area contributed by atoms with Gasteiger partial charge in [-0.25, -0.2) is 0 Å². The summed E-state index contributed by atoms with van der Waals surface area (Å²) >= 11 is 0. The number of carbonyl (C=O) groups excluding carboxylic acids is 2. The smallest absolute Gasteiger partial charge is 0.325 e. The van der Waals surface area contributed by atoms with Gasteiger partial charge in [-0.1, -0.05) is 0 Å². The molecule has 10 nitrogen and oxygen atoms in total. The van der Waals surface area contributed by atoms with E-state index in [1.165, 1.54) is 55.7 Å². The van der Waals surface area contributed by atoms with Crippen molar-refractivity contribution in [2.75, 3.05) is 0 Å². The first-order valence-corrected chi connectivity index (χ1v) is 7.62. The van der Waals surface area contributed by atoms with Gasteiger partial charge in [0.25, 0.3) is 17.5 Å². The first-order chi connectivity index (χ1) is 12.8. The molecular weight excluding hydrogens is 358 g/mol. The molecule has 2 rings (SSSR count). The Balaban J connectivity index is 2.29. The molecule has 2 amide bonds. The summed E-state index contributed by atoms with van der Waals surface area (Å²) in [7, 11) is 0. The number of nitro groups is 1. The van der Waals surface area contributed by atoms with E-state index in [1.807, 2.05) is 0 Å². The third-order valence-electron chi connectivity index (χ3n) is 3.37. The second kappa shape index (κ2) is 8.43. The fraction of sp³-hybridized carbons (Fsp3) is 0.118. The van der Waals surface area contributed by atoms with E-state index in [-0.39, 0.29) is 17.1 Å². The Hall–Kier alpha value is -3.95. The van der Waals surface area contributed by atoms with Gasteiger partial charge in [0.2, 0.25) is 0 Å². The largest absolute Gasteiger partial charge is 0.480 e. The predicted octanol–water partition coefficient (Wildman–Crippen LogP) is 1.55. The number of aliphatic carboxylic acids is 1. The third-order valence-corrected chi connectivity index (χ3v) is 3.37. The molecule has 0 saturated carbocycles. The van der Waals surface area contributed by atoms with Crippen LogP contribution >= 0.6 is 0 Å². The van der Waals surface area contributed by atoms with Crippen LogP contribution in [0.2, 0.25) is 0 Å². The molecule has 140 valence electrons. The van der Waals surface area contributed by atoms with Crippen LogP contribution in [0.5, 0.6) is 0 Å². The maximum absolute atomic E-state index is 12.3. The van der Waals surface area contributed by atoms with Gasteiger partial charge in [0.05, 0.1) is 11.2 Å². The highest BCUT2D eigenvalue weighted by Crippen LogP contribution is 2.14. The minimum Gasteiger partial charge on any atom is -0.480 e. The summed E-state index contributed by atoms with van der Waals surface area (Å²) in [5.74, 6) is -2.87. The van der Waals surface area contributed by atoms with Gasteiger partial charge in [0.1, 0.15) is 11.7 Å². The van der Waals surface area contributed by atoms with E-state index in [0.717, 1.165) is 0 Å². The maximum Gasteiger partial charge on any atom is 0.325 e. The van der Waals surface area contributed by atoms with Crippen LogP contribution < -0.4 is 10.6 Å². The van der Waals surface area contributed by atoms with Crippen LogP contribution in [0, 0.1) is 10.1 Å². The van der Waals surface area contributed by atoms with Gasteiger partial charge in [0, 0.05) is 12.1 Å². The van der Waals surface area contributed by atoms with E-state index < -0.39 is 28.7 Å². The van der Waals surface area contributed by atoms with Crippen LogP contribution in [0.3, 0.4) is 0 Å². The van der Waals surface area contributed by atoms with Crippen molar-refractivity contribution in [3.8, 4) is 0 Å². The van der Waals surface area contributed by atoms with E-state index in [2.05, 4.69) is 10.6 Å². The van der Waals surface area contributed by atoms with Gasteiger partial charge >= 0.3 is 5.97 Å². The highest BCUT2D eigenvalue weighted by atomic mass is 16.6. The van der Waals surface area contributed by atoms with E-state index in [1.54, 1.807) is 0 Å². The number of nitrogens with zero attached hydrogens (tertiary/aromatic N) is 1. The number of nitrogens with one attached hydrogen (secondary N) is 2. The summed E-state index contributed by atoms with van der Waals surface area (Å²) in [6.07, 6.45) is 2.54. The minimum atomic E-state index is -1.25. The summed E-state index contributed by atoms with van der Waals surface area (Å²) in [4.78, 5) is 45.5. The van der Waals surface area contributed by atoms with Crippen LogP contribution in [-0.2, 0) is 9.59 Å². The van der Waals surface area contributed by atoms with Crippen molar-refractivity contribution in [3.63, 3.8) is 0 Å². The summed E-state index contributed by atoms with van der Waals surface area (Å²) < 4.78 is 4.95. The molecule has 1 atom stereocenters. The maximum atomic E-state index is 12.3. The Morgan fingerprint density at radius 3 is 2.41 bits per heavy atom. The number of hydrogen-bond donors (Lipinski definition) is 3. The molecule has 1 aromatic carbocycles. The standard InChI is InChI=1S/C17H15N3O7/c1-10(17(23)24)18-15(21)13(19-16(22)14-3-2-8-27-14)9-11-4-6-12(7-5-11)20(25)26/h2-10H,1H3,(H,18,21)(H,19,22)(H,23,24)/b13-9+. The molecule has 2 aromatic rings. The van der Waals surface area contributed by atoms with Gasteiger partial charge in [-0.3, -0.25) is 24.5 Å². The molecule has 1 unspecified atom stereocenters. The number of nitro benzene ring substituents is 1. The molecule has 0 saturated heterocycles. The zero-order valence-corrected chi connectivity index (χ0v) is 14.0. The fourth-order valence-corrected chi connectivity index (χ4v) is 1.95. The second-order valence-electron chi connectivity index (χ2n) is 5.37. The topological polar surface area (TPSA) is 152 Å². The highest BCUT2D eigenvalue weighted by molar-refractivity contribution is 6.05. The molecule has 0 aliphatic carbocycles. The fourth-order valence-electron chi connectivity index (χ4n) is 1.95. The SMILES string of the molecule is CC(NC(=O)/C(=C\c1ccc([N+](=O)[O-])cc1)NC(=O)c1ccco1)C(=O)O. The second-order valence-corrected chi connectivity index (χ2v) is 5.37. The lowest BCUT2D eigenvalue weighted by Crippen LogP contribution is -2.42. The molecule has 0 bridgehead atoms. The van der Waals surface area contributed by atoms with Crippen molar-refractivity contribution in [3.05, 3.63) is 69.8 Å². The molecule has 1 heterocycles. The van der Waals surface area contributed by atoms with Gasteiger partial charge in [-0.2, -0.15) is 0 Å². The van der Waals surface area contributed by atoms with Crippen molar-refractivity contribution < 1.29 is 28.8 Å². The molecule has 3 N–H and O–H groups in total. The quantitative estimate of drug-likeness (QED) is 0.378. The van der Waals surface area contributed by atoms with E-state index in [4.69, 9.17) is 9.52 Å². The first kappa shape index (κ1) is 19.4. The number of carboxylic acids is 1. The molecule has 27 heavy (non-hydrogen) atoms. The number of carboxylic acid groups (broad SMARTS) is 1. The lowest BCUT2D eigenvalue weighted by atomic mass is 10.1. The molecule has 1 aromatic heterocycles. The number of furan rings is 1. The molecule has 0 fully saturated rings. The van der Waals surface area contributed by atoms with Crippen LogP contribution in [0.15, 0.2) is 52.8 Å². The highest BCUT2D eigenvalue weighted by Gasteiger charge is 2.20. The molecule has 0 radical (unpaired) electrons. The monoisotopic (exact) mass is 373 g/mol. The average Bonchev–Trinajstić information content (AvgIpc) is 3.16. The number of non-ortho nitro benzene ring substituents is 1. The number of hydrogen-bond acceptors (Lipinski definition) is 6. The molecule has 10 heteroatoms. The predicted molar refractivity (Wildman–Crippen MR) is 92.5 cm³/mol. The number of carbonyl (C=O) groups is 3. The van der Waals surface area contributed by atoms with Crippen molar-refractivity contribution in [2.24, 2.45) is 0 Å². The lowest BCUT2D eigenvalue weighted by molar-refractivity contribution is -0.384. The Morgan fingerprint density at radius 1 is 1.22 bits per heavy atom. The van der Waals surface area contributed by atoms with Crippen LogP contribution in [0.4, 0.5) is 5.69 Å². The average molecular weight is 373 g/mol. The third kappa shape index (κ3) is 5.26. The zero-order valence-electron chi connectivity index (χ0n) is 14.0. The summed E-state index contributed by atoms with van der Waals surface area (Å²) in [6, 6.07) is 6.90. The Labute approximate surface area is 152 Å². The molecule has 0 aliphatic heterocycles. The zero-order chi connectivity index (χ0) is 20.0. The summed E-state index contributed by atoms with van der Waals surface area (Å²) in [5.41, 5.74) is -0.0101. The van der Waals surface area contributed by atoms with Crippen LogP contribution in [-0.4, -0.2) is 33.9 Å². The van der Waals surface area contributed by atoms with Crippen LogP contribution in [0.25, 0.3) is 6.08 Å².